The smallest absolute Gasteiger partial charge is 0.0138 e. The Kier molecular flexibility index (Phi) is 4.25. The molecule has 2 aliphatic rings. The van der Waals surface area contributed by atoms with E-state index in [0.717, 1.165) is 18.0 Å². The molecule has 0 heterocycles. The van der Waals surface area contributed by atoms with Crippen LogP contribution in [0.1, 0.15) is 58.3 Å². The lowest BCUT2D eigenvalue weighted by molar-refractivity contribution is 0.389. The molecule has 0 aromatic carbocycles. The summed E-state index contributed by atoms with van der Waals surface area (Å²) in [5, 5.41) is 3.74. The van der Waals surface area contributed by atoms with Crippen molar-refractivity contribution in [1.29, 1.82) is 0 Å². The first-order valence-electron chi connectivity index (χ1n) is 6.75. The first-order chi connectivity index (χ1) is 7.34. The summed E-state index contributed by atoms with van der Waals surface area (Å²) < 4.78 is 0. The van der Waals surface area contributed by atoms with Crippen LogP contribution in [0.3, 0.4) is 0 Å². The van der Waals surface area contributed by atoms with E-state index < -0.39 is 0 Å². The molecule has 1 nitrogen and oxygen atoms in total. The van der Waals surface area contributed by atoms with Gasteiger partial charge in [-0.15, -0.1) is 0 Å². The molecule has 1 saturated carbocycles. The minimum Gasteiger partial charge on any atom is -0.311 e. The highest BCUT2D eigenvalue weighted by Gasteiger charge is 2.17. The third-order valence-corrected chi connectivity index (χ3v) is 4.01. The largest absolute Gasteiger partial charge is 0.311 e. The van der Waals surface area contributed by atoms with Crippen molar-refractivity contribution in [2.45, 2.75) is 70.4 Å². The van der Waals surface area contributed by atoms with Gasteiger partial charge in [-0.2, -0.15) is 0 Å². The fourth-order valence-electron chi connectivity index (χ4n) is 3.02. The van der Waals surface area contributed by atoms with Gasteiger partial charge in [0.15, 0.2) is 0 Å². The second kappa shape index (κ2) is 5.69. The molecule has 2 rings (SSSR count). The molecular weight excluding hydrogens is 182 g/mol. The first-order valence-corrected chi connectivity index (χ1v) is 6.75. The molecule has 1 atom stereocenters. The van der Waals surface area contributed by atoms with Crippen LogP contribution in [0, 0.1) is 5.92 Å². The highest BCUT2D eigenvalue weighted by molar-refractivity contribution is 4.98. The van der Waals surface area contributed by atoms with Crippen LogP contribution in [0.25, 0.3) is 0 Å². The first kappa shape index (κ1) is 11.2. The van der Waals surface area contributed by atoms with E-state index in [0.29, 0.717) is 0 Å². The maximum atomic E-state index is 3.74. The van der Waals surface area contributed by atoms with Gasteiger partial charge in [0.1, 0.15) is 0 Å². The van der Waals surface area contributed by atoms with Crippen molar-refractivity contribution in [3.05, 3.63) is 12.2 Å². The second-order valence-electron chi connectivity index (χ2n) is 5.44. The lowest BCUT2D eigenvalue weighted by Gasteiger charge is -2.20. The van der Waals surface area contributed by atoms with Crippen LogP contribution >= 0.6 is 0 Å². The molecule has 86 valence electrons. The fraction of sp³-hybridized carbons (Fsp3) is 0.857. The van der Waals surface area contributed by atoms with E-state index >= 15 is 0 Å². The number of hydrogen-bond donors (Lipinski definition) is 1. The van der Waals surface area contributed by atoms with Gasteiger partial charge in [0.2, 0.25) is 0 Å². The van der Waals surface area contributed by atoms with Crippen molar-refractivity contribution in [1.82, 2.24) is 5.32 Å². The Morgan fingerprint density at radius 2 is 1.87 bits per heavy atom. The van der Waals surface area contributed by atoms with Gasteiger partial charge >= 0.3 is 0 Å². The van der Waals surface area contributed by atoms with Gasteiger partial charge in [-0.05, 0) is 38.5 Å². The monoisotopic (exact) mass is 207 g/mol. The van der Waals surface area contributed by atoms with Crippen molar-refractivity contribution in [2.24, 2.45) is 5.92 Å². The van der Waals surface area contributed by atoms with Crippen LogP contribution in [0.5, 0.6) is 0 Å². The Hall–Kier alpha value is -0.300. The van der Waals surface area contributed by atoms with Gasteiger partial charge in [0.05, 0.1) is 0 Å². The second-order valence-corrected chi connectivity index (χ2v) is 5.44. The molecule has 0 bridgehead atoms. The van der Waals surface area contributed by atoms with E-state index in [1.807, 2.05) is 0 Å². The minimum atomic E-state index is 0.718. The van der Waals surface area contributed by atoms with Gasteiger partial charge in [0.25, 0.3) is 0 Å². The summed E-state index contributed by atoms with van der Waals surface area (Å²) in [6.07, 6.45) is 15.9. The maximum Gasteiger partial charge on any atom is 0.0138 e. The van der Waals surface area contributed by atoms with E-state index in [1.165, 1.54) is 51.4 Å². The van der Waals surface area contributed by atoms with Crippen molar-refractivity contribution in [2.75, 3.05) is 0 Å². The average molecular weight is 207 g/mol. The molecule has 1 heteroatoms. The normalized spacial score (nSPS) is 25.1. The molecule has 15 heavy (non-hydrogen) atoms. The molecule has 2 aliphatic carbocycles. The van der Waals surface area contributed by atoms with Crippen LogP contribution < -0.4 is 5.32 Å². The lowest BCUT2D eigenvalue weighted by atomic mass is 9.98. The van der Waals surface area contributed by atoms with Crippen LogP contribution in [0.4, 0.5) is 0 Å². The van der Waals surface area contributed by atoms with Gasteiger partial charge in [0, 0.05) is 12.1 Å². The molecule has 0 radical (unpaired) electrons. The predicted octanol–water partition coefficient (Wildman–Crippen LogP) is 3.65. The summed E-state index contributed by atoms with van der Waals surface area (Å²) in [4.78, 5) is 0. The van der Waals surface area contributed by atoms with Crippen molar-refractivity contribution in [3.8, 4) is 0 Å². The zero-order valence-electron chi connectivity index (χ0n) is 10.0. The van der Waals surface area contributed by atoms with Gasteiger partial charge in [-0.1, -0.05) is 37.8 Å². The molecule has 1 fully saturated rings. The lowest BCUT2D eigenvalue weighted by Crippen LogP contribution is -2.34. The molecule has 1 N–H and O–H groups in total. The molecular formula is C14H25N. The van der Waals surface area contributed by atoms with E-state index in [-0.39, 0.29) is 0 Å². The number of hydrogen-bond acceptors (Lipinski definition) is 1. The molecule has 0 spiro atoms. The summed E-state index contributed by atoms with van der Waals surface area (Å²) in [7, 11) is 0. The van der Waals surface area contributed by atoms with E-state index in [1.54, 1.807) is 0 Å². The average Bonchev–Trinajstić information content (AvgIpc) is 2.86. The fourth-order valence-corrected chi connectivity index (χ4v) is 3.02. The molecule has 0 aliphatic heterocycles. The van der Waals surface area contributed by atoms with E-state index in [4.69, 9.17) is 0 Å². The Balaban J connectivity index is 1.57. The molecule has 0 aromatic rings. The van der Waals surface area contributed by atoms with Gasteiger partial charge in [-0.3, -0.25) is 0 Å². The van der Waals surface area contributed by atoms with Crippen molar-refractivity contribution in [3.63, 3.8) is 0 Å². The summed E-state index contributed by atoms with van der Waals surface area (Å²) in [5.41, 5.74) is 0. The Bertz CT molecular complexity index is 195. The highest BCUT2D eigenvalue weighted by atomic mass is 14.9. The van der Waals surface area contributed by atoms with Gasteiger partial charge in [-0.25, -0.2) is 0 Å². The zero-order valence-corrected chi connectivity index (χ0v) is 10.0. The quantitative estimate of drug-likeness (QED) is 0.678. The molecule has 0 aromatic heterocycles. The van der Waals surface area contributed by atoms with Crippen molar-refractivity contribution >= 4 is 0 Å². The minimum absolute atomic E-state index is 0.718. The molecule has 0 saturated heterocycles. The third kappa shape index (κ3) is 3.64. The van der Waals surface area contributed by atoms with Crippen LogP contribution in [-0.4, -0.2) is 12.1 Å². The van der Waals surface area contributed by atoms with Gasteiger partial charge < -0.3 is 5.32 Å². The molecule has 0 amide bonds. The maximum absolute atomic E-state index is 3.74. The zero-order chi connectivity index (χ0) is 10.5. The highest BCUT2D eigenvalue weighted by Crippen LogP contribution is 2.29. The topological polar surface area (TPSA) is 12.0 Å². The van der Waals surface area contributed by atoms with Crippen molar-refractivity contribution < 1.29 is 0 Å². The summed E-state index contributed by atoms with van der Waals surface area (Å²) >= 11 is 0. The Morgan fingerprint density at radius 3 is 2.53 bits per heavy atom. The summed E-state index contributed by atoms with van der Waals surface area (Å²) in [6.45, 7) is 2.35. The third-order valence-electron chi connectivity index (χ3n) is 4.01. The Morgan fingerprint density at radius 1 is 1.20 bits per heavy atom. The summed E-state index contributed by atoms with van der Waals surface area (Å²) in [6, 6.07) is 1.46. The predicted molar refractivity (Wildman–Crippen MR) is 66.0 cm³/mol. The number of nitrogens with one attached hydrogen (secondary N) is 1. The number of rotatable bonds is 5. The van der Waals surface area contributed by atoms with Crippen LogP contribution in [-0.2, 0) is 0 Å². The van der Waals surface area contributed by atoms with Crippen LogP contribution in [0.2, 0.25) is 0 Å². The van der Waals surface area contributed by atoms with E-state index in [9.17, 15) is 0 Å². The standard InChI is InChI=1S/C14H25N/c1-12(15-14-8-4-5-9-14)10-11-13-6-2-3-7-13/h4-5,12-15H,2-3,6-11H2,1H3. The Labute approximate surface area is 94.3 Å². The molecule has 1 unspecified atom stereocenters. The van der Waals surface area contributed by atoms with E-state index in [2.05, 4.69) is 24.4 Å². The SMILES string of the molecule is CC(CCC1CCCC1)NC1CC=CC1. The summed E-state index contributed by atoms with van der Waals surface area (Å²) in [5.74, 6) is 1.05. The van der Waals surface area contributed by atoms with Crippen LogP contribution in [0.15, 0.2) is 12.2 Å².